The molecule has 0 atom stereocenters. The zero-order valence-electron chi connectivity index (χ0n) is 9.56. The lowest BCUT2D eigenvalue weighted by atomic mass is 10.1. The van der Waals surface area contributed by atoms with Crippen molar-refractivity contribution in [3.63, 3.8) is 0 Å². The molecular formula is C13H14ClNO2. The minimum absolute atomic E-state index is 0.00221. The second-order valence-electron chi connectivity index (χ2n) is 3.92. The Hall–Kier alpha value is -1.45. The van der Waals surface area contributed by atoms with E-state index in [-0.39, 0.29) is 6.61 Å². The molecule has 90 valence electrons. The Kier molecular flexibility index (Phi) is 3.71. The SMILES string of the molecule is CN(Cc1ccoc1)c1cc(Cl)ccc1CO. The molecule has 0 fully saturated rings. The maximum atomic E-state index is 9.30. The van der Waals surface area contributed by atoms with Gasteiger partial charge in [0.05, 0.1) is 19.1 Å². The smallest absolute Gasteiger partial charge is 0.0952 e. The predicted octanol–water partition coefficient (Wildman–Crippen LogP) is 3.06. The van der Waals surface area contributed by atoms with E-state index in [2.05, 4.69) is 0 Å². The summed E-state index contributed by atoms with van der Waals surface area (Å²) in [5, 5.41) is 9.96. The van der Waals surface area contributed by atoms with Gasteiger partial charge < -0.3 is 14.4 Å². The molecule has 2 aromatic rings. The average molecular weight is 252 g/mol. The van der Waals surface area contributed by atoms with Gasteiger partial charge in [-0.15, -0.1) is 0 Å². The number of anilines is 1. The summed E-state index contributed by atoms with van der Waals surface area (Å²) < 4.78 is 5.03. The number of hydrogen-bond acceptors (Lipinski definition) is 3. The molecule has 0 saturated heterocycles. The minimum atomic E-state index is 0.00221. The molecule has 0 aliphatic rings. The maximum Gasteiger partial charge on any atom is 0.0952 e. The van der Waals surface area contributed by atoms with Gasteiger partial charge in [0.1, 0.15) is 0 Å². The predicted molar refractivity (Wildman–Crippen MR) is 68.2 cm³/mol. The van der Waals surface area contributed by atoms with Crippen LogP contribution in [0.1, 0.15) is 11.1 Å². The number of hydrogen-bond donors (Lipinski definition) is 1. The minimum Gasteiger partial charge on any atom is -0.472 e. The van der Waals surface area contributed by atoms with E-state index in [9.17, 15) is 5.11 Å². The molecule has 0 saturated carbocycles. The van der Waals surface area contributed by atoms with E-state index in [1.807, 2.05) is 30.1 Å². The Morgan fingerprint density at radius 2 is 2.18 bits per heavy atom. The highest BCUT2D eigenvalue weighted by Gasteiger charge is 2.08. The quantitative estimate of drug-likeness (QED) is 0.907. The summed E-state index contributed by atoms with van der Waals surface area (Å²) in [5.74, 6) is 0. The average Bonchev–Trinajstić information content (AvgIpc) is 2.81. The molecule has 2 rings (SSSR count). The van der Waals surface area contributed by atoms with Gasteiger partial charge in [0.15, 0.2) is 0 Å². The molecule has 0 aliphatic carbocycles. The first-order valence-corrected chi connectivity index (χ1v) is 5.70. The Morgan fingerprint density at radius 3 is 2.82 bits per heavy atom. The van der Waals surface area contributed by atoms with Gasteiger partial charge in [-0.3, -0.25) is 0 Å². The number of benzene rings is 1. The Labute approximate surface area is 105 Å². The number of nitrogens with zero attached hydrogens (tertiary/aromatic N) is 1. The van der Waals surface area contributed by atoms with Gasteiger partial charge in [-0.2, -0.15) is 0 Å². The number of halogens is 1. The van der Waals surface area contributed by atoms with Crippen molar-refractivity contribution in [3.8, 4) is 0 Å². The van der Waals surface area contributed by atoms with Crippen molar-refractivity contribution >= 4 is 17.3 Å². The van der Waals surface area contributed by atoms with Crippen molar-refractivity contribution in [2.24, 2.45) is 0 Å². The highest BCUT2D eigenvalue weighted by molar-refractivity contribution is 6.30. The monoisotopic (exact) mass is 251 g/mol. The Balaban J connectivity index is 2.23. The van der Waals surface area contributed by atoms with Crippen LogP contribution in [0.3, 0.4) is 0 Å². The normalized spacial score (nSPS) is 10.5. The molecule has 0 unspecified atom stereocenters. The van der Waals surface area contributed by atoms with Gasteiger partial charge in [-0.05, 0) is 18.2 Å². The van der Waals surface area contributed by atoms with Crippen molar-refractivity contribution in [1.29, 1.82) is 0 Å². The molecule has 4 heteroatoms. The second-order valence-corrected chi connectivity index (χ2v) is 4.36. The van der Waals surface area contributed by atoms with Gasteiger partial charge in [0.25, 0.3) is 0 Å². The molecule has 0 amide bonds. The second kappa shape index (κ2) is 5.25. The fraction of sp³-hybridized carbons (Fsp3) is 0.231. The summed E-state index contributed by atoms with van der Waals surface area (Å²) in [4.78, 5) is 2.03. The van der Waals surface area contributed by atoms with Gasteiger partial charge in [-0.1, -0.05) is 17.7 Å². The summed E-state index contributed by atoms with van der Waals surface area (Å²) in [5.41, 5.74) is 2.87. The van der Waals surface area contributed by atoms with E-state index in [1.165, 1.54) is 0 Å². The van der Waals surface area contributed by atoms with E-state index in [4.69, 9.17) is 16.0 Å². The van der Waals surface area contributed by atoms with Crippen LogP contribution in [0.15, 0.2) is 41.2 Å². The van der Waals surface area contributed by atoms with Crippen LogP contribution >= 0.6 is 11.6 Å². The van der Waals surface area contributed by atoms with Crippen LogP contribution in [0.2, 0.25) is 5.02 Å². The van der Waals surface area contributed by atoms with Crippen molar-refractivity contribution in [1.82, 2.24) is 0 Å². The van der Waals surface area contributed by atoms with E-state index >= 15 is 0 Å². The molecule has 1 aromatic heterocycles. The van der Waals surface area contributed by atoms with Crippen LogP contribution in [0.5, 0.6) is 0 Å². The molecule has 0 bridgehead atoms. The lowest BCUT2D eigenvalue weighted by Crippen LogP contribution is -2.17. The molecule has 0 aliphatic heterocycles. The third kappa shape index (κ3) is 2.81. The Bertz CT molecular complexity index is 482. The molecule has 0 radical (unpaired) electrons. The van der Waals surface area contributed by atoms with E-state index in [1.54, 1.807) is 18.6 Å². The molecule has 1 N–H and O–H groups in total. The molecule has 1 aromatic carbocycles. The van der Waals surface area contributed by atoms with Gasteiger partial charge in [0.2, 0.25) is 0 Å². The molecule has 17 heavy (non-hydrogen) atoms. The lowest BCUT2D eigenvalue weighted by Gasteiger charge is -2.21. The maximum absolute atomic E-state index is 9.30. The summed E-state index contributed by atoms with van der Waals surface area (Å²) >= 11 is 5.97. The highest BCUT2D eigenvalue weighted by Crippen LogP contribution is 2.25. The van der Waals surface area contributed by atoms with Gasteiger partial charge >= 0.3 is 0 Å². The van der Waals surface area contributed by atoms with Crippen LogP contribution in [-0.4, -0.2) is 12.2 Å². The zero-order valence-corrected chi connectivity index (χ0v) is 10.3. The molecule has 1 heterocycles. The van der Waals surface area contributed by atoms with Crippen LogP contribution < -0.4 is 4.90 Å². The summed E-state index contributed by atoms with van der Waals surface area (Å²) in [6.45, 7) is 0.714. The summed E-state index contributed by atoms with van der Waals surface area (Å²) in [6, 6.07) is 7.39. The first-order valence-electron chi connectivity index (χ1n) is 5.32. The Morgan fingerprint density at radius 1 is 1.35 bits per heavy atom. The summed E-state index contributed by atoms with van der Waals surface area (Å²) in [7, 11) is 1.96. The number of rotatable bonds is 4. The first kappa shape index (κ1) is 12.0. The van der Waals surface area contributed by atoms with Crippen molar-refractivity contribution < 1.29 is 9.52 Å². The number of furan rings is 1. The molecular weight excluding hydrogens is 238 g/mol. The van der Waals surface area contributed by atoms with Gasteiger partial charge in [0, 0.05) is 35.4 Å². The lowest BCUT2D eigenvalue weighted by molar-refractivity contribution is 0.282. The van der Waals surface area contributed by atoms with Gasteiger partial charge in [-0.25, -0.2) is 0 Å². The van der Waals surface area contributed by atoms with E-state index in [0.29, 0.717) is 11.6 Å². The summed E-state index contributed by atoms with van der Waals surface area (Å²) in [6.07, 6.45) is 3.35. The number of aliphatic hydroxyl groups excluding tert-OH is 1. The number of aliphatic hydroxyl groups is 1. The zero-order chi connectivity index (χ0) is 12.3. The largest absolute Gasteiger partial charge is 0.472 e. The molecule has 0 spiro atoms. The first-order chi connectivity index (χ1) is 8.20. The third-order valence-corrected chi connectivity index (χ3v) is 2.86. The van der Waals surface area contributed by atoms with Crippen LogP contribution in [0.4, 0.5) is 5.69 Å². The highest BCUT2D eigenvalue weighted by atomic mass is 35.5. The van der Waals surface area contributed by atoms with Crippen molar-refractivity contribution in [3.05, 3.63) is 52.9 Å². The van der Waals surface area contributed by atoms with Crippen LogP contribution in [0.25, 0.3) is 0 Å². The van der Waals surface area contributed by atoms with Crippen LogP contribution in [-0.2, 0) is 13.2 Å². The topological polar surface area (TPSA) is 36.6 Å². The fourth-order valence-corrected chi connectivity index (χ4v) is 1.93. The van der Waals surface area contributed by atoms with E-state index in [0.717, 1.165) is 16.8 Å². The van der Waals surface area contributed by atoms with Crippen molar-refractivity contribution in [2.75, 3.05) is 11.9 Å². The third-order valence-electron chi connectivity index (χ3n) is 2.63. The molecule has 3 nitrogen and oxygen atoms in total. The van der Waals surface area contributed by atoms with E-state index < -0.39 is 0 Å². The van der Waals surface area contributed by atoms with Crippen LogP contribution in [0, 0.1) is 0 Å². The van der Waals surface area contributed by atoms with Crippen molar-refractivity contribution in [2.45, 2.75) is 13.2 Å². The fourth-order valence-electron chi connectivity index (χ4n) is 1.77. The standard InChI is InChI=1S/C13H14ClNO2/c1-15(7-10-4-5-17-9-10)13-6-12(14)3-2-11(13)8-16/h2-6,9,16H,7-8H2,1H3.